The normalized spacial score (nSPS) is 11.5. The molecule has 6 heteroatoms. The van der Waals surface area contributed by atoms with Gasteiger partial charge in [0, 0.05) is 38.6 Å². The Labute approximate surface area is 354 Å². The number of nitrogens with zero attached hydrogens (tertiary/aromatic N) is 6. The van der Waals surface area contributed by atoms with Gasteiger partial charge in [-0.2, -0.15) is 0 Å². The first kappa shape index (κ1) is 37.0. The zero-order valence-corrected chi connectivity index (χ0v) is 33.2. The van der Waals surface area contributed by atoms with Crippen LogP contribution in [-0.2, 0) is 0 Å². The Kier molecular flexibility index (Phi) is 9.77. The van der Waals surface area contributed by atoms with Crippen molar-refractivity contribution in [3.63, 3.8) is 0 Å². The summed E-state index contributed by atoms with van der Waals surface area (Å²) in [6.07, 6.45) is 5.39. The molecule has 10 aromatic rings. The number of aromatic nitrogens is 6. The van der Waals surface area contributed by atoms with Crippen LogP contribution in [0.5, 0.6) is 0 Å². The van der Waals surface area contributed by atoms with Gasteiger partial charge in [-0.3, -0.25) is 4.40 Å². The van der Waals surface area contributed by atoms with Crippen molar-refractivity contribution < 1.29 is 0 Å². The van der Waals surface area contributed by atoms with Gasteiger partial charge in [-0.1, -0.05) is 207 Å². The largest absolute Gasteiger partial charge is 0.277 e. The molecule has 10 rings (SSSR count). The van der Waals surface area contributed by atoms with Gasteiger partial charge in [0.25, 0.3) is 0 Å². The van der Waals surface area contributed by atoms with Gasteiger partial charge >= 0.3 is 0 Å². The summed E-state index contributed by atoms with van der Waals surface area (Å²) in [5.74, 6) is 3.05. The summed E-state index contributed by atoms with van der Waals surface area (Å²) in [6, 6.07) is 64.5. The van der Waals surface area contributed by atoms with Gasteiger partial charge in [0.1, 0.15) is 11.5 Å². The summed E-state index contributed by atoms with van der Waals surface area (Å²) < 4.78 is 2.17. The van der Waals surface area contributed by atoms with Crippen LogP contribution in [0.4, 0.5) is 0 Å². The lowest BCUT2D eigenvalue weighted by molar-refractivity contribution is 1.02. The average Bonchev–Trinajstić information content (AvgIpc) is 3.68. The molecule has 0 N–H and O–H groups in total. The summed E-state index contributed by atoms with van der Waals surface area (Å²) in [6.45, 7) is 8.01. The Morgan fingerprint density at radius 1 is 0.393 bits per heavy atom. The highest BCUT2D eigenvalue weighted by atomic mass is 15.1. The first-order valence-electron chi connectivity index (χ1n) is 20.2. The molecule has 0 bridgehead atoms. The molecule has 0 aliphatic rings. The van der Waals surface area contributed by atoms with Crippen LogP contribution >= 0.6 is 0 Å². The highest BCUT2D eigenvalue weighted by molar-refractivity contribution is 6.06. The topological polar surface area (TPSA) is 68.9 Å². The van der Waals surface area contributed by atoms with Crippen molar-refractivity contribution in [3.05, 3.63) is 225 Å². The molecule has 0 amide bonds. The van der Waals surface area contributed by atoms with Gasteiger partial charge in [0.15, 0.2) is 23.3 Å². The van der Waals surface area contributed by atoms with Crippen molar-refractivity contribution in [1.29, 1.82) is 0 Å². The van der Waals surface area contributed by atoms with E-state index in [1.807, 2.05) is 24.3 Å². The standard InChI is InChI=1S/C55H38N6/c1-3-18-37(4-2)50-59-54(61-49(40-23-12-7-13-24-40)47-29-14-15-30-48(47)55(61)60-50)42-33-31-41(32-34-42)51-56-52(45-27-16-25-43(35-45)38-19-8-5-9-20-38)58-53(57-51)46-28-17-26-44(36-46)39-21-10-6-11-22-39/h3-36H,1-2H2/b37-18+. The van der Waals surface area contributed by atoms with E-state index in [0.29, 0.717) is 23.3 Å². The Balaban J connectivity index is 1.15. The molecule has 0 aliphatic heterocycles. The fraction of sp³-hybridized carbons (Fsp3) is 0. The molecule has 61 heavy (non-hydrogen) atoms. The zero-order chi connectivity index (χ0) is 41.1. The van der Waals surface area contributed by atoms with E-state index in [1.54, 1.807) is 12.2 Å². The summed E-state index contributed by atoms with van der Waals surface area (Å²) in [4.78, 5) is 25.8. The van der Waals surface area contributed by atoms with Gasteiger partial charge in [0.2, 0.25) is 0 Å². The highest BCUT2D eigenvalue weighted by Gasteiger charge is 2.21. The maximum atomic E-state index is 5.24. The first-order valence-corrected chi connectivity index (χ1v) is 20.2. The summed E-state index contributed by atoms with van der Waals surface area (Å²) in [7, 11) is 0. The Hall–Kier alpha value is -8.35. The van der Waals surface area contributed by atoms with Crippen LogP contribution < -0.4 is 0 Å². The molecule has 3 heterocycles. The SMILES string of the molecule is C=C/C=C(\C=C)c1nc(-c2ccc(-c3nc(-c4cccc(-c5ccccc5)c4)nc(-c4cccc(-c5ccccc5)c4)n3)cc2)n2c(-c3ccccc3)c3ccccc3c2n1. The fourth-order valence-corrected chi connectivity index (χ4v) is 7.86. The summed E-state index contributed by atoms with van der Waals surface area (Å²) >= 11 is 0. The van der Waals surface area contributed by atoms with Crippen molar-refractivity contribution in [2.45, 2.75) is 0 Å². The molecule has 7 aromatic carbocycles. The highest BCUT2D eigenvalue weighted by Crippen LogP contribution is 2.38. The number of hydrogen-bond acceptors (Lipinski definition) is 5. The number of rotatable bonds is 10. The van der Waals surface area contributed by atoms with E-state index in [4.69, 9.17) is 24.9 Å². The predicted molar refractivity (Wildman–Crippen MR) is 250 cm³/mol. The molecule has 0 aliphatic carbocycles. The molecule has 288 valence electrons. The van der Waals surface area contributed by atoms with Gasteiger partial charge in [-0.05, 0) is 39.9 Å². The van der Waals surface area contributed by atoms with Crippen LogP contribution in [0, 0.1) is 0 Å². The van der Waals surface area contributed by atoms with E-state index in [1.165, 1.54) is 0 Å². The van der Waals surface area contributed by atoms with E-state index < -0.39 is 0 Å². The lowest BCUT2D eigenvalue weighted by Gasteiger charge is -2.13. The summed E-state index contributed by atoms with van der Waals surface area (Å²) in [5, 5.41) is 2.12. The number of allylic oxidation sites excluding steroid dienone is 4. The van der Waals surface area contributed by atoms with Gasteiger partial charge in [-0.25, -0.2) is 24.9 Å². The van der Waals surface area contributed by atoms with Crippen molar-refractivity contribution in [2.75, 3.05) is 0 Å². The third-order valence-corrected chi connectivity index (χ3v) is 10.8. The predicted octanol–water partition coefficient (Wildman–Crippen LogP) is 13.5. The summed E-state index contributed by atoms with van der Waals surface area (Å²) in [5.41, 5.74) is 11.6. The molecule has 0 saturated heterocycles. The van der Waals surface area contributed by atoms with Crippen molar-refractivity contribution in [1.82, 2.24) is 29.3 Å². The van der Waals surface area contributed by atoms with Crippen LogP contribution in [0.3, 0.4) is 0 Å². The van der Waals surface area contributed by atoms with Crippen LogP contribution in [0.1, 0.15) is 5.82 Å². The molecule has 0 unspecified atom stereocenters. The van der Waals surface area contributed by atoms with Crippen LogP contribution in [0.2, 0.25) is 0 Å². The maximum absolute atomic E-state index is 5.24. The smallest absolute Gasteiger partial charge is 0.164 e. The first-order chi connectivity index (χ1) is 30.1. The monoisotopic (exact) mass is 782 g/mol. The molecule has 0 spiro atoms. The molecule has 0 radical (unpaired) electrons. The minimum Gasteiger partial charge on any atom is -0.277 e. The molecular weight excluding hydrogens is 745 g/mol. The van der Waals surface area contributed by atoms with Crippen LogP contribution in [-0.4, -0.2) is 29.3 Å². The second-order valence-corrected chi connectivity index (χ2v) is 14.6. The Morgan fingerprint density at radius 2 is 0.852 bits per heavy atom. The minimum atomic E-state index is 0.562. The molecule has 0 saturated carbocycles. The van der Waals surface area contributed by atoms with E-state index in [9.17, 15) is 0 Å². The number of benzene rings is 7. The molecule has 6 nitrogen and oxygen atoms in total. The lowest BCUT2D eigenvalue weighted by atomic mass is 10.0. The van der Waals surface area contributed by atoms with Gasteiger partial charge < -0.3 is 0 Å². The van der Waals surface area contributed by atoms with E-state index in [0.717, 1.165) is 83.6 Å². The minimum absolute atomic E-state index is 0.562. The Morgan fingerprint density at radius 3 is 1.39 bits per heavy atom. The maximum Gasteiger partial charge on any atom is 0.164 e. The van der Waals surface area contributed by atoms with E-state index in [2.05, 4.69) is 187 Å². The third-order valence-electron chi connectivity index (χ3n) is 10.8. The van der Waals surface area contributed by atoms with Crippen molar-refractivity contribution in [2.24, 2.45) is 0 Å². The average molecular weight is 783 g/mol. The van der Waals surface area contributed by atoms with Crippen LogP contribution in [0.25, 0.3) is 101 Å². The molecule has 3 aromatic heterocycles. The second kappa shape index (κ2) is 16.1. The Bertz CT molecular complexity index is 3160. The van der Waals surface area contributed by atoms with Gasteiger partial charge in [-0.15, -0.1) is 0 Å². The second-order valence-electron chi connectivity index (χ2n) is 14.6. The quantitative estimate of drug-likeness (QED) is 0.129. The number of fused-ring (bicyclic) bond motifs is 3. The zero-order valence-electron chi connectivity index (χ0n) is 33.2. The van der Waals surface area contributed by atoms with Crippen LogP contribution in [0.15, 0.2) is 219 Å². The lowest BCUT2D eigenvalue weighted by Crippen LogP contribution is -2.05. The van der Waals surface area contributed by atoms with E-state index in [-0.39, 0.29) is 0 Å². The van der Waals surface area contributed by atoms with E-state index >= 15 is 0 Å². The molecule has 0 atom stereocenters. The molecular formula is C55H38N6. The van der Waals surface area contributed by atoms with Crippen molar-refractivity contribution >= 4 is 22.0 Å². The fourth-order valence-electron chi connectivity index (χ4n) is 7.86. The molecule has 0 fully saturated rings. The third kappa shape index (κ3) is 7.13. The van der Waals surface area contributed by atoms with Gasteiger partial charge in [0.05, 0.1) is 5.69 Å². The number of hydrogen-bond donors (Lipinski definition) is 0. The van der Waals surface area contributed by atoms with Crippen molar-refractivity contribution in [3.8, 4) is 79.1 Å².